The first-order valence-electron chi connectivity index (χ1n) is 5.59. The van der Waals surface area contributed by atoms with Crippen LogP contribution in [0.5, 0.6) is 0 Å². The van der Waals surface area contributed by atoms with Gasteiger partial charge in [0.2, 0.25) is 6.33 Å². The van der Waals surface area contributed by atoms with Crippen LogP contribution in [0.1, 0.15) is 6.92 Å². The summed E-state index contributed by atoms with van der Waals surface area (Å²) in [4.78, 5) is 8.89. The molecular formula is C11H18Cl2N2O4. The van der Waals surface area contributed by atoms with Crippen LogP contribution in [0.15, 0.2) is 18.7 Å². The summed E-state index contributed by atoms with van der Waals surface area (Å²) in [5.41, 5.74) is 0. The molecule has 6 nitrogen and oxygen atoms in total. The molecule has 0 spiro atoms. The van der Waals surface area contributed by atoms with Crippen LogP contribution in [0.3, 0.4) is 0 Å². The number of aliphatic hydroxyl groups is 2. The first-order valence-corrected chi connectivity index (χ1v) is 6.66. The second-order valence-corrected chi connectivity index (χ2v) is 4.53. The highest BCUT2D eigenvalue weighted by Gasteiger charge is 2.11. The summed E-state index contributed by atoms with van der Waals surface area (Å²) in [6, 6.07) is 0. The van der Waals surface area contributed by atoms with E-state index in [-0.39, 0.29) is 11.8 Å². The topological polar surface area (TPSA) is 89.4 Å². The van der Waals surface area contributed by atoms with Crippen molar-refractivity contribution in [1.29, 1.82) is 0 Å². The van der Waals surface area contributed by atoms with E-state index in [0.29, 0.717) is 13.1 Å². The molecular weight excluding hydrogens is 295 g/mol. The fraction of sp³-hybridized carbons (Fsp3) is 0.636. The van der Waals surface area contributed by atoms with Gasteiger partial charge in [-0.15, -0.1) is 23.2 Å². The summed E-state index contributed by atoms with van der Waals surface area (Å²) in [6.07, 6.45) is 4.33. The van der Waals surface area contributed by atoms with Crippen LogP contribution in [0.4, 0.5) is 0 Å². The molecule has 8 heteroatoms. The molecule has 2 atom stereocenters. The molecule has 1 rings (SSSR count). The molecule has 2 unspecified atom stereocenters. The molecule has 0 bridgehead atoms. The molecule has 0 aliphatic rings. The van der Waals surface area contributed by atoms with Crippen molar-refractivity contribution in [1.82, 2.24) is 4.57 Å². The van der Waals surface area contributed by atoms with Crippen molar-refractivity contribution in [3.63, 3.8) is 0 Å². The summed E-state index contributed by atoms with van der Waals surface area (Å²) < 4.78 is 3.63. The van der Waals surface area contributed by atoms with Crippen molar-refractivity contribution in [3.05, 3.63) is 18.7 Å². The molecule has 1 aromatic heterocycles. The zero-order valence-corrected chi connectivity index (χ0v) is 12.1. The lowest BCUT2D eigenvalue weighted by Crippen LogP contribution is -2.38. The highest BCUT2D eigenvalue weighted by molar-refractivity contribution is 6.18. The molecule has 2 N–H and O–H groups in total. The average Bonchev–Trinajstić information content (AvgIpc) is 2.75. The summed E-state index contributed by atoms with van der Waals surface area (Å²) in [5.74, 6) is -0.662. The maximum atomic E-state index is 9.32. The number of alkyl halides is 2. The SMILES string of the molecule is CC(=O)[O-].OC(CCl)Cn1cc[n+](CC(O)CCl)c1. The Kier molecular flexibility index (Phi) is 9.59. The van der Waals surface area contributed by atoms with Gasteiger partial charge in [-0.2, -0.15) is 0 Å². The number of carboxylic acids is 1. The Balaban J connectivity index is 0.000000711. The lowest BCUT2D eigenvalue weighted by atomic mass is 10.4. The van der Waals surface area contributed by atoms with Crippen molar-refractivity contribution in [2.75, 3.05) is 11.8 Å². The van der Waals surface area contributed by atoms with Crippen LogP contribution in [-0.2, 0) is 17.9 Å². The third-order valence-electron chi connectivity index (χ3n) is 1.95. The van der Waals surface area contributed by atoms with Gasteiger partial charge in [0, 0.05) is 5.97 Å². The predicted octanol–water partition coefficient (Wildman–Crippen LogP) is -1.27. The average molecular weight is 313 g/mol. The van der Waals surface area contributed by atoms with Crippen LogP contribution < -0.4 is 9.67 Å². The number of imidazole rings is 1. The summed E-state index contributed by atoms with van der Waals surface area (Å²) in [5, 5.41) is 27.5. The third kappa shape index (κ3) is 9.72. The number of aromatic nitrogens is 2. The minimum atomic E-state index is -1.08. The number of aliphatic carboxylic acids is 1. The Labute approximate surface area is 121 Å². The molecule has 0 amide bonds. The molecule has 0 saturated heterocycles. The number of carbonyl (C=O) groups excluding carboxylic acids is 1. The number of hydrogen-bond acceptors (Lipinski definition) is 4. The highest BCUT2D eigenvalue weighted by atomic mass is 35.5. The van der Waals surface area contributed by atoms with Crippen LogP contribution >= 0.6 is 23.2 Å². The molecule has 0 aliphatic heterocycles. The fourth-order valence-corrected chi connectivity index (χ4v) is 1.43. The van der Waals surface area contributed by atoms with Gasteiger partial charge in [0.15, 0.2) is 0 Å². The number of halogens is 2. The number of hydrogen-bond donors (Lipinski definition) is 2. The van der Waals surface area contributed by atoms with Crippen LogP contribution in [0.2, 0.25) is 0 Å². The van der Waals surface area contributed by atoms with E-state index >= 15 is 0 Å². The van der Waals surface area contributed by atoms with Gasteiger partial charge in [-0.1, -0.05) is 0 Å². The molecule has 110 valence electrons. The van der Waals surface area contributed by atoms with E-state index in [4.69, 9.17) is 33.1 Å². The fourth-order valence-electron chi connectivity index (χ4n) is 1.24. The van der Waals surface area contributed by atoms with Crippen molar-refractivity contribution in [2.45, 2.75) is 32.2 Å². The van der Waals surface area contributed by atoms with Crippen molar-refractivity contribution in [2.24, 2.45) is 0 Å². The van der Waals surface area contributed by atoms with Gasteiger partial charge in [-0.05, 0) is 6.92 Å². The normalized spacial score (nSPS) is 13.3. The minimum Gasteiger partial charge on any atom is -0.550 e. The van der Waals surface area contributed by atoms with E-state index in [0.717, 1.165) is 6.92 Å². The van der Waals surface area contributed by atoms with Crippen molar-refractivity contribution < 1.29 is 24.7 Å². The number of rotatable bonds is 6. The zero-order valence-electron chi connectivity index (χ0n) is 10.6. The highest BCUT2D eigenvalue weighted by Crippen LogP contribution is 1.94. The Hall–Kier alpha value is -0.820. The van der Waals surface area contributed by atoms with Gasteiger partial charge in [0.05, 0.1) is 11.8 Å². The summed E-state index contributed by atoms with van der Waals surface area (Å²) >= 11 is 11.0. The molecule has 19 heavy (non-hydrogen) atoms. The molecule has 0 fully saturated rings. The second kappa shape index (κ2) is 10.0. The van der Waals surface area contributed by atoms with Crippen molar-refractivity contribution >= 4 is 29.2 Å². The molecule has 0 radical (unpaired) electrons. The summed E-state index contributed by atoms with van der Waals surface area (Å²) in [6.45, 7) is 1.88. The van der Waals surface area contributed by atoms with E-state index in [1.165, 1.54) is 0 Å². The Morgan fingerprint density at radius 3 is 2.37 bits per heavy atom. The zero-order chi connectivity index (χ0) is 14.8. The second-order valence-electron chi connectivity index (χ2n) is 3.92. The van der Waals surface area contributed by atoms with E-state index in [1.54, 1.807) is 6.33 Å². The lowest BCUT2D eigenvalue weighted by Gasteiger charge is -2.03. The lowest BCUT2D eigenvalue weighted by molar-refractivity contribution is -0.702. The van der Waals surface area contributed by atoms with Crippen LogP contribution in [-0.4, -0.2) is 44.7 Å². The van der Waals surface area contributed by atoms with Crippen molar-refractivity contribution in [3.8, 4) is 0 Å². The van der Waals surface area contributed by atoms with E-state index in [9.17, 15) is 10.2 Å². The number of carbonyl (C=O) groups is 1. The first-order chi connectivity index (χ1) is 8.88. The number of nitrogens with zero attached hydrogens (tertiary/aromatic N) is 2. The smallest absolute Gasteiger partial charge is 0.243 e. The minimum absolute atomic E-state index is 0.211. The molecule has 0 aliphatic carbocycles. The van der Waals surface area contributed by atoms with Gasteiger partial charge in [0.1, 0.15) is 37.7 Å². The predicted molar refractivity (Wildman–Crippen MR) is 68.8 cm³/mol. The summed E-state index contributed by atoms with van der Waals surface area (Å²) in [7, 11) is 0. The van der Waals surface area contributed by atoms with Crippen LogP contribution in [0, 0.1) is 0 Å². The van der Waals surface area contributed by atoms with Crippen LogP contribution in [0.25, 0.3) is 0 Å². The molecule has 1 heterocycles. The van der Waals surface area contributed by atoms with E-state index < -0.39 is 18.2 Å². The monoisotopic (exact) mass is 312 g/mol. The number of aliphatic hydroxyl groups excluding tert-OH is 2. The first kappa shape index (κ1) is 18.2. The Morgan fingerprint density at radius 2 is 1.89 bits per heavy atom. The standard InChI is InChI=1S/C9H15Cl2N2O2.C2H4O2/c10-3-8(14)5-12-1-2-13(7-12)6-9(15)4-11;1-2(3)4/h1-2,7-9,14-15H,3-6H2;1H3,(H,3,4)/q+1;/p-1. The number of carboxylic acid groups (broad SMARTS) is 1. The van der Waals surface area contributed by atoms with Gasteiger partial charge in [-0.3, -0.25) is 0 Å². The Morgan fingerprint density at radius 1 is 1.37 bits per heavy atom. The maximum Gasteiger partial charge on any atom is 0.243 e. The van der Waals surface area contributed by atoms with E-state index in [2.05, 4.69) is 0 Å². The van der Waals surface area contributed by atoms with E-state index in [1.807, 2.05) is 21.5 Å². The Bertz CT molecular complexity index is 343. The van der Waals surface area contributed by atoms with Gasteiger partial charge in [-0.25, -0.2) is 9.13 Å². The quantitative estimate of drug-likeness (QED) is 0.506. The molecule has 0 aromatic carbocycles. The maximum absolute atomic E-state index is 9.32. The van der Waals surface area contributed by atoms with Gasteiger partial charge < -0.3 is 20.1 Å². The third-order valence-corrected chi connectivity index (χ3v) is 2.66. The largest absolute Gasteiger partial charge is 0.550 e. The molecule has 0 saturated carbocycles. The molecule has 1 aromatic rings. The van der Waals surface area contributed by atoms with Gasteiger partial charge in [0.25, 0.3) is 0 Å². The van der Waals surface area contributed by atoms with Gasteiger partial charge >= 0.3 is 0 Å².